The lowest BCUT2D eigenvalue weighted by Crippen LogP contribution is -2.24. The van der Waals surface area contributed by atoms with Crippen LogP contribution in [-0.4, -0.2) is 44.4 Å². The molecule has 1 aliphatic carbocycles. The van der Waals surface area contributed by atoms with Crippen molar-refractivity contribution in [1.82, 2.24) is 19.2 Å². The predicted molar refractivity (Wildman–Crippen MR) is 129 cm³/mol. The molecular formula is C25H26N4O3S. The number of carbonyl (C=O) groups excluding carboxylic acids is 1. The molecule has 0 unspecified atom stereocenters. The predicted octanol–water partition coefficient (Wildman–Crippen LogP) is 3.93. The molecule has 0 saturated heterocycles. The lowest BCUT2D eigenvalue weighted by Gasteiger charge is -2.16. The summed E-state index contributed by atoms with van der Waals surface area (Å²) in [6.45, 7) is 1.04. The molecular weight excluding hydrogens is 436 g/mol. The zero-order valence-electron chi connectivity index (χ0n) is 18.6. The van der Waals surface area contributed by atoms with Crippen LogP contribution in [-0.2, 0) is 24.1 Å². The minimum atomic E-state index is -0.0942. The largest absolute Gasteiger partial charge is 0.385 e. The van der Waals surface area contributed by atoms with E-state index < -0.39 is 0 Å². The quantitative estimate of drug-likeness (QED) is 0.224. The molecule has 7 nitrogen and oxygen atoms in total. The Hall–Kier alpha value is -2.97. The third-order valence-electron chi connectivity index (χ3n) is 6.21. The van der Waals surface area contributed by atoms with Gasteiger partial charge in [-0.05, 0) is 61.4 Å². The van der Waals surface area contributed by atoms with Gasteiger partial charge in [-0.15, -0.1) is 10.2 Å². The Morgan fingerprint density at radius 1 is 1.09 bits per heavy atom. The van der Waals surface area contributed by atoms with Crippen LogP contribution in [0, 0.1) is 0 Å². The van der Waals surface area contributed by atoms with E-state index in [1.165, 1.54) is 35.7 Å². The van der Waals surface area contributed by atoms with Crippen molar-refractivity contribution in [2.24, 2.45) is 0 Å². The van der Waals surface area contributed by atoms with E-state index >= 15 is 0 Å². The fourth-order valence-corrected chi connectivity index (χ4v) is 5.35. The maximum atomic E-state index is 13.1. The van der Waals surface area contributed by atoms with E-state index in [9.17, 15) is 9.59 Å². The number of hydrogen-bond acceptors (Lipinski definition) is 6. The number of benzene rings is 2. The molecule has 0 N–H and O–H groups in total. The molecule has 170 valence electrons. The van der Waals surface area contributed by atoms with E-state index in [4.69, 9.17) is 4.74 Å². The lowest BCUT2D eigenvalue weighted by molar-refractivity contribution is 0.102. The Morgan fingerprint density at radius 2 is 1.91 bits per heavy atom. The smallest absolute Gasteiger partial charge is 0.262 e. The number of ketones is 1. The van der Waals surface area contributed by atoms with E-state index in [0.29, 0.717) is 35.9 Å². The highest BCUT2D eigenvalue weighted by atomic mass is 32.2. The normalized spacial score (nSPS) is 13.5. The molecule has 0 saturated carbocycles. The van der Waals surface area contributed by atoms with E-state index in [-0.39, 0.29) is 17.1 Å². The van der Waals surface area contributed by atoms with Gasteiger partial charge in [0.2, 0.25) is 5.78 Å². The number of Topliss-reactive ketones (excluding diaryl/α,β-unsaturated/α-hetero) is 1. The Balaban J connectivity index is 1.46. The first-order chi connectivity index (χ1) is 16.2. The van der Waals surface area contributed by atoms with Gasteiger partial charge < -0.3 is 4.74 Å². The molecule has 33 heavy (non-hydrogen) atoms. The van der Waals surface area contributed by atoms with E-state index in [1.807, 2.05) is 34.7 Å². The van der Waals surface area contributed by atoms with Crippen LogP contribution in [0.2, 0.25) is 0 Å². The second-order valence-electron chi connectivity index (χ2n) is 8.34. The Kier molecular flexibility index (Phi) is 6.28. The van der Waals surface area contributed by atoms with Crippen LogP contribution in [0.5, 0.6) is 0 Å². The molecule has 0 radical (unpaired) electrons. The third kappa shape index (κ3) is 4.20. The highest BCUT2D eigenvalue weighted by molar-refractivity contribution is 7.99. The fraction of sp³-hybridized carbons (Fsp3) is 0.360. The van der Waals surface area contributed by atoms with Gasteiger partial charge in [0.1, 0.15) is 0 Å². The Bertz CT molecular complexity index is 1390. The van der Waals surface area contributed by atoms with E-state index in [2.05, 4.69) is 22.3 Å². The number of para-hydroxylation sites is 1. The van der Waals surface area contributed by atoms with Crippen molar-refractivity contribution in [3.05, 3.63) is 69.5 Å². The molecule has 0 amide bonds. The molecule has 0 aliphatic heterocycles. The van der Waals surface area contributed by atoms with Gasteiger partial charge in [0.25, 0.3) is 5.56 Å². The molecule has 0 bridgehead atoms. The summed E-state index contributed by atoms with van der Waals surface area (Å²) in [7, 11) is 1.64. The average molecular weight is 463 g/mol. The molecule has 0 fully saturated rings. The van der Waals surface area contributed by atoms with Gasteiger partial charge in [-0.25, -0.2) is 0 Å². The standard InChI is InChI=1S/C25H26N4O3S/c1-32-14-6-13-28-23(31)20-9-4-5-10-21(20)29-24(28)26-27-25(29)33-16-22(30)19-12-11-17-7-2-3-8-18(17)15-19/h4-5,9-12,15H,2-3,6-8,13-14,16H2,1H3. The summed E-state index contributed by atoms with van der Waals surface area (Å²) in [4.78, 5) is 26.1. The Labute approximate surface area is 195 Å². The molecule has 2 aromatic heterocycles. The molecule has 0 atom stereocenters. The maximum Gasteiger partial charge on any atom is 0.262 e. The number of ether oxygens (including phenoxy) is 1. The monoisotopic (exact) mass is 462 g/mol. The zero-order valence-corrected chi connectivity index (χ0v) is 19.4. The van der Waals surface area contributed by atoms with Crippen molar-refractivity contribution in [3.63, 3.8) is 0 Å². The zero-order chi connectivity index (χ0) is 22.8. The minimum Gasteiger partial charge on any atom is -0.385 e. The van der Waals surface area contributed by atoms with Gasteiger partial charge in [-0.1, -0.05) is 36.0 Å². The summed E-state index contributed by atoms with van der Waals surface area (Å²) in [5.41, 5.74) is 4.07. The number of aromatic nitrogens is 4. The van der Waals surface area contributed by atoms with Crippen LogP contribution >= 0.6 is 11.8 Å². The van der Waals surface area contributed by atoms with Crippen LogP contribution < -0.4 is 5.56 Å². The summed E-state index contributed by atoms with van der Waals surface area (Å²) in [6, 6.07) is 13.6. The third-order valence-corrected chi connectivity index (χ3v) is 7.14. The lowest BCUT2D eigenvalue weighted by atomic mass is 9.90. The van der Waals surface area contributed by atoms with Crippen molar-refractivity contribution < 1.29 is 9.53 Å². The number of rotatable bonds is 8. The number of hydrogen-bond donors (Lipinski definition) is 0. The van der Waals surface area contributed by atoms with Gasteiger partial charge in [0, 0.05) is 25.8 Å². The maximum absolute atomic E-state index is 13.1. The first-order valence-electron chi connectivity index (χ1n) is 11.3. The first kappa shape index (κ1) is 21.9. The van der Waals surface area contributed by atoms with E-state index in [1.54, 1.807) is 11.7 Å². The molecule has 0 spiro atoms. The summed E-state index contributed by atoms with van der Waals surface area (Å²) in [6.07, 6.45) is 5.25. The summed E-state index contributed by atoms with van der Waals surface area (Å²) in [5, 5.41) is 9.87. The number of carbonyl (C=O) groups is 1. The van der Waals surface area contributed by atoms with Crippen molar-refractivity contribution in [1.29, 1.82) is 0 Å². The SMILES string of the molecule is COCCCn1c(=O)c2ccccc2n2c(SCC(=O)c3ccc4c(c3)CCCC4)nnc12. The van der Waals surface area contributed by atoms with Gasteiger partial charge >= 0.3 is 0 Å². The molecule has 5 rings (SSSR count). The molecule has 2 heterocycles. The van der Waals surface area contributed by atoms with Crippen LogP contribution in [0.15, 0.2) is 52.4 Å². The van der Waals surface area contributed by atoms with Gasteiger partial charge in [0.15, 0.2) is 10.9 Å². The van der Waals surface area contributed by atoms with Crippen LogP contribution in [0.4, 0.5) is 0 Å². The number of nitrogens with zero attached hydrogens (tertiary/aromatic N) is 4. The second kappa shape index (κ2) is 9.49. The van der Waals surface area contributed by atoms with Crippen LogP contribution in [0.25, 0.3) is 16.7 Å². The number of aryl methyl sites for hydroxylation is 3. The number of thioether (sulfide) groups is 1. The molecule has 8 heteroatoms. The van der Waals surface area contributed by atoms with Gasteiger partial charge in [0.05, 0.1) is 16.7 Å². The number of methoxy groups -OCH3 is 1. The van der Waals surface area contributed by atoms with Crippen molar-refractivity contribution in [2.45, 2.75) is 43.8 Å². The molecule has 2 aromatic carbocycles. The van der Waals surface area contributed by atoms with Crippen LogP contribution in [0.1, 0.15) is 40.7 Å². The summed E-state index contributed by atoms with van der Waals surface area (Å²) < 4.78 is 8.68. The number of fused-ring (bicyclic) bond motifs is 4. The summed E-state index contributed by atoms with van der Waals surface area (Å²) >= 11 is 1.35. The topological polar surface area (TPSA) is 78.5 Å². The van der Waals surface area contributed by atoms with Gasteiger partial charge in [-0.2, -0.15) is 0 Å². The molecule has 4 aromatic rings. The summed E-state index contributed by atoms with van der Waals surface area (Å²) in [5.74, 6) is 0.817. The Morgan fingerprint density at radius 3 is 2.76 bits per heavy atom. The van der Waals surface area contributed by atoms with Crippen molar-refractivity contribution in [3.8, 4) is 0 Å². The average Bonchev–Trinajstić information content (AvgIpc) is 3.28. The van der Waals surface area contributed by atoms with E-state index in [0.717, 1.165) is 23.9 Å². The first-order valence-corrected chi connectivity index (χ1v) is 12.3. The molecule has 1 aliphatic rings. The van der Waals surface area contributed by atoms with Crippen LogP contribution in [0.3, 0.4) is 0 Å². The van der Waals surface area contributed by atoms with Gasteiger partial charge in [-0.3, -0.25) is 18.6 Å². The van der Waals surface area contributed by atoms with Crippen molar-refractivity contribution in [2.75, 3.05) is 19.5 Å². The minimum absolute atomic E-state index is 0.0721. The highest BCUT2D eigenvalue weighted by Gasteiger charge is 2.18. The second-order valence-corrected chi connectivity index (χ2v) is 9.28. The highest BCUT2D eigenvalue weighted by Crippen LogP contribution is 2.25. The fourth-order valence-electron chi connectivity index (χ4n) is 4.52. The van der Waals surface area contributed by atoms with Crippen molar-refractivity contribution >= 4 is 34.2 Å².